The fourth-order valence-electron chi connectivity index (χ4n) is 9.13. The highest BCUT2D eigenvalue weighted by Crippen LogP contribution is 2.39. The van der Waals surface area contributed by atoms with E-state index in [4.69, 9.17) is 19.4 Å². The van der Waals surface area contributed by atoms with E-state index in [1.54, 1.807) is 0 Å². The number of imidazole rings is 2. The number of ether oxygens (including phenoxy) is 2. The topological polar surface area (TPSA) is 187 Å². The number of amides is 4. The van der Waals surface area contributed by atoms with E-state index in [9.17, 15) is 19.2 Å². The van der Waals surface area contributed by atoms with Gasteiger partial charge in [-0.05, 0) is 89.9 Å². The van der Waals surface area contributed by atoms with E-state index < -0.39 is 24.3 Å². The number of carbonyl (C=O) groups excluding carboxylic acids is 4. The number of hydrogen-bond donors (Lipinski definition) is 4. The summed E-state index contributed by atoms with van der Waals surface area (Å²) in [6.07, 6.45) is 0.995. The molecule has 2 aromatic heterocycles. The predicted molar refractivity (Wildman–Crippen MR) is 235 cm³/mol. The van der Waals surface area contributed by atoms with E-state index in [1.165, 1.54) is 14.2 Å². The number of nitrogens with one attached hydrogen (secondary N) is 4. The van der Waals surface area contributed by atoms with Gasteiger partial charge in [-0.2, -0.15) is 0 Å². The van der Waals surface area contributed by atoms with E-state index in [0.717, 1.165) is 73.4 Å². The molecule has 2 aliphatic heterocycles. The Labute approximate surface area is 353 Å². The number of fused-ring (bicyclic) bond motifs is 6. The molecule has 2 aliphatic rings. The van der Waals surface area contributed by atoms with Crippen LogP contribution in [0.5, 0.6) is 0 Å². The molecule has 2 saturated heterocycles. The Morgan fingerprint density at radius 3 is 1.75 bits per heavy atom. The van der Waals surface area contributed by atoms with Gasteiger partial charge in [-0.25, -0.2) is 19.6 Å². The molecule has 0 radical (unpaired) electrons. The van der Waals surface area contributed by atoms with Crippen molar-refractivity contribution in [2.24, 2.45) is 22.7 Å². The molecule has 4 aromatic carbocycles. The minimum Gasteiger partial charge on any atom is -0.453 e. The van der Waals surface area contributed by atoms with Crippen molar-refractivity contribution in [1.82, 2.24) is 40.4 Å². The highest BCUT2D eigenvalue weighted by atomic mass is 16.5. The Morgan fingerprint density at radius 1 is 0.754 bits per heavy atom. The van der Waals surface area contributed by atoms with E-state index in [2.05, 4.69) is 80.8 Å². The third-order valence-electron chi connectivity index (χ3n) is 12.3. The number of nitrogens with zero attached hydrogens (tertiary/aromatic N) is 5. The second-order valence-corrected chi connectivity index (χ2v) is 17.0. The molecule has 0 unspecified atom stereocenters. The number of methoxy groups -OCH3 is 2. The highest BCUT2D eigenvalue weighted by Gasteiger charge is 2.42. The van der Waals surface area contributed by atoms with Crippen LogP contribution in [0.25, 0.3) is 54.7 Å². The van der Waals surface area contributed by atoms with Gasteiger partial charge in [0.05, 0.1) is 48.4 Å². The maximum atomic E-state index is 14.0. The van der Waals surface area contributed by atoms with Gasteiger partial charge >= 0.3 is 12.2 Å². The number of rotatable bonds is 11. The van der Waals surface area contributed by atoms with Crippen LogP contribution < -0.4 is 10.6 Å². The Morgan fingerprint density at radius 2 is 1.26 bits per heavy atom. The quantitative estimate of drug-likeness (QED) is 0.0971. The smallest absolute Gasteiger partial charge is 0.407 e. The normalized spacial score (nSPS) is 19.0. The molecule has 0 aliphatic carbocycles. The third-order valence-corrected chi connectivity index (χ3v) is 12.3. The third kappa shape index (κ3) is 7.84. The van der Waals surface area contributed by atoms with Gasteiger partial charge < -0.3 is 44.9 Å². The second kappa shape index (κ2) is 16.9. The maximum absolute atomic E-state index is 14.0. The first-order chi connectivity index (χ1) is 29.4. The zero-order chi connectivity index (χ0) is 43.1. The molecule has 0 bridgehead atoms. The van der Waals surface area contributed by atoms with Crippen molar-refractivity contribution in [2.75, 3.05) is 33.9 Å². The number of H-pyrrole nitrogens is 2. The minimum absolute atomic E-state index is 0.104. The standard InChI is InChI=1S/C46H53N9O6/c1-24(2)37(52-45(58)60-6)43(56)54-18-8-9-35(54)41-48-33-16-12-29-20-27(10-14-31(29)39(33)50-41)28-11-15-32-30(21-28)13-17-34-40(32)51-42(49-34)36-19-26(22-47-5)23-55(36)44(57)38(25(3)4)53-46(59)61-7/h10-17,20-21,24-26,35-38H,5,8-9,18-19,22-23H2,1-4,6-7H3,(H,48,50)(H,49,51)(H,52,58)(H,53,59)/t26-,35+,36+,37+,38+/m1/s1. The van der Waals surface area contributed by atoms with Crippen molar-refractivity contribution < 1.29 is 28.7 Å². The average molecular weight is 828 g/mol. The Balaban J connectivity index is 1.06. The molecular weight excluding hydrogens is 775 g/mol. The minimum atomic E-state index is -0.756. The molecule has 318 valence electrons. The van der Waals surface area contributed by atoms with Crippen molar-refractivity contribution in [3.63, 3.8) is 0 Å². The second-order valence-electron chi connectivity index (χ2n) is 17.0. The zero-order valence-corrected chi connectivity index (χ0v) is 35.5. The van der Waals surface area contributed by atoms with Crippen molar-refractivity contribution in [2.45, 2.75) is 71.1 Å². The Hall–Kier alpha value is -6.51. The lowest BCUT2D eigenvalue weighted by Crippen LogP contribution is -2.51. The lowest BCUT2D eigenvalue weighted by atomic mass is 9.98. The molecule has 15 nitrogen and oxygen atoms in total. The van der Waals surface area contributed by atoms with Gasteiger partial charge in [0, 0.05) is 30.4 Å². The fraction of sp³-hybridized carbons (Fsp3) is 0.413. The van der Waals surface area contributed by atoms with Crippen molar-refractivity contribution in [1.29, 1.82) is 0 Å². The van der Waals surface area contributed by atoms with Gasteiger partial charge in [0.15, 0.2) is 0 Å². The molecule has 0 saturated carbocycles. The van der Waals surface area contributed by atoms with Crippen LogP contribution in [-0.2, 0) is 19.1 Å². The summed E-state index contributed by atoms with van der Waals surface area (Å²) >= 11 is 0. The monoisotopic (exact) mass is 827 g/mol. The van der Waals surface area contributed by atoms with Gasteiger partial charge in [-0.15, -0.1) is 0 Å². The average Bonchev–Trinajstić information content (AvgIpc) is 4.09. The largest absolute Gasteiger partial charge is 0.453 e. The number of likely N-dealkylation sites (tertiary alicyclic amines) is 2. The summed E-state index contributed by atoms with van der Waals surface area (Å²) in [5.41, 5.74) is 5.54. The number of hydrogen-bond acceptors (Lipinski definition) is 9. The molecule has 2 fully saturated rings. The summed E-state index contributed by atoms with van der Waals surface area (Å²) in [6.45, 7) is 12.9. The molecular formula is C46H53N9O6. The van der Waals surface area contributed by atoms with Crippen molar-refractivity contribution >= 4 is 74.3 Å². The summed E-state index contributed by atoms with van der Waals surface area (Å²) < 4.78 is 9.62. The van der Waals surface area contributed by atoms with Crippen LogP contribution in [0.3, 0.4) is 0 Å². The number of alkyl carbamates (subject to hydrolysis) is 2. The van der Waals surface area contributed by atoms with Crippen LogP contribution in [0, 0.1) is 17.8 Å². The number of aromatic amines is 2. The molecule has 0 spiro atoms. The summed E-state index contributed by atoms with van der Waals surface area (Å²) in [5, 5.41) is 9.51. The molecule has 6 aromatic rings. The van der Waals surface area contributed by atoms with Gasteiger partial charge in [0.25, 0.3) is 0 Å². The molecule has 4 heterocycles. The Kier molecular flexibility index (Phi) is 11.4. The van der Waals surface area contributed by atoms with Crippen LogP contribution in [0.4, 0.5) is 9.59 Å². The van der Waals surface area contributed by atoms with Gasteiger partial charge in [-0.1, -0.05) is 64.1 Å². The van der Waals surface area contributed by atoms with E-state index in [1.807, 2.05) is 49.6 Å². The number of aromatic nitrogens is 4. The lowest BCUT2D eigenvalue weighted by Gasteiger charge is -2.30. The molecule has 8 rings (SSSR count). The number of aliphatic imine (C=N–C) groups is 1. The van der Waals surface area contributed by atoms with Crippen LogP contribution in [-0.4, -0.2) is 106 Å². The predicted octanol–water partition coefficient (Wildman–Crippen LogP) is 7.43. The van der Waals surface area contributed by atoms with Crippen molar-refractivity contribution in [3.8, 4) is 11.1 Å². The van der Waals surface area contributed by atoms with E-state index in [-0.39, 0.29) is 41.7 Å². The maximum Gasteiger partial charge on any atom is 0.407 e. The van der Waals surface area contributed by atoms with Crippen LogP contribution in [0.15, 0.2) is 65.7 Å². The lowest BCUT2D eigenvalue weighted by molar-refractivity contribution is -0.136. The molecule has 4 N–H and O–H groups in total. The van der Waals surface area contributed by atoms with Gasteiger partial charge in [-0.3, -0.25) is 9.59 Å². The summed E-state index contributed by atoms with van der Waals surface area (Å²) in [5.74, 6) is 0.923. The summed E-state index contributed by atoms with van der Waals surface area (Å²) in [4.78, 5) is 77.0. The number of carbonyl (C=O) groups is 4. The summed E-state index contributed by atoms with van der Waals surface area (Å²) in [6, 6.07) is 19.0. The molecule has 15 heteroatoms. The van der Waals surface area contributed by atoms with Crippen LogP contribution in [0.2, 0.25) is 0 Å². The van der Waals surface area contributed by atoms with Crippen LogP contribution in [0.1, 0.15) is 70.7 Å². The van der Waals surface area contributed by atoms with E-state index in [0.29, 0.717) is 31.9 Å². The van der Waals surface area contributed by atoms with Crippen molar-refractivity contribution in [3.05, 3.63) is 72.3 Å². The Bertz CT molecular complexity index is 2670. The molecule has 4 amide bonds. The first kappa shape index (κ1) is 41.2. The van der Waals surface area contributed by atoms with Crippen LogP contribution >= 0.6 is 0 Å². The first-order valence-corrected chi connectivity index (χ1v) is 21.0. The van der Waals surface area contributed by atoms with E-state index >= 15 is 0 Å². The molecule has 61 heavy (non-hydrogen) atoms. The fourth-order valence-corrected chi connectivity index (χ4v) is 9.13. The zero-order valence-electron chi connectivity index (χ0n) is 35.5. The van der Waals surface area contributed by atoms with Gasteiger partial charge in [0.2, 0.25) is 11.8 Å². The first-order valence-electron chi connectivity index (χ1n) is 21.0. The SMILES string of the molecule is C=NC[C@H]1C[C@@H](c2nc3c(ccc4cc(-c5ccc6c(ccc7[nH]c([C@@H]8CCCN8C(=O)[C@@H](NC(=O)OC)C(C)C)nc76)c5)ccc43)[nH]2)N(C(=O)[C@@H](NC(=O)OC)C(C)C)C1. The van der Waals surface area contributed by atoms with Gasteiger partial charge in [0.1, 0.15) is 23.7 Å². The summed E-state index contributed by atoms with van der Waals surface area (Å²) in [7, 11) is 2.58. The number of benzene rings is 4. The molecule has 5 atom stereocenters. The highest BCUT2D eigenvalue weighted by molar-refractivity contribution is 6.07.